The van der Waals surface area contributed by atoms with E-state index in [-0.39, 0.29) is 11.8 Å². The highest BCUT2D eigenvalue weighted by atomic mass is 16.2. The molecule has 0 saturated carbocycles. The fraction of sp³-hybridized carbons (Fsp3) is 0.241. The highest BCUT2D eigenvalue weighted by Crippen LogP contribution is 2.27. The molecule has 8 aromatic rings. The molecule has 2 fully saturated rings. The summed E-state index contributed by atoms with van der Waals surface area (Å²) in [7, 11) is 4.32. The molecule has 10 rings (SSSR count). The second-order valence-electron chi connectivity index (χ2n) is 18.8. The largest absolute Gasteiger partial charge is 0.324 e. The summed E-state index contributed by atoms with van der Waals surface area (Å²) in [5, 5.41) is 12.6. The minimum absolute atomic E-state index is 0.143. The standard InChI is InChI=1S/2C29H31N7O/c2*1-21-5-10-25(18-27(21)34-29-31-13-11-26(33-29)24-4-3-12-30-19-24)32-28(37)23-8-6-22(7-9-23)20-36-16-14-35(2)15-17-36/h2*3-13,18-19H,14-17,20H2,1-2H3,(H,32,37)(H,31,33,34). The Labute approximate surface area is 433 Å². The Balaban J connectivity index is 0.000000182. The SMILES string of the molecule is Cc1ccc(NC(=O)c2ccc(CN3CCN(C)CC3)cc2)cc1Nc1nccc(-c2cccnc2)n1.Cc1ccc(NC(=O)c2ccc(CN3CCN(C)CC3)cc2)cc1Nc1nccc(-c2cccnc2)n1. The second-order valence-corrected chi connectivity index (χ2v) is 18.8. The molecule has 16 nitrogen and oxygen atoms in total. The number of hydrogen-bond donors (Lipinski definition) is 4. The van der Waals surface area contributed by atoms with Gasteiger partial charge in [0.1, 0.15) is 0 Å². The second kappa shape index (κ2) is 24.4. The zero-order chi connectivity index (χ0) is 51.2. The van der Waals surface area contributed by atoms with Gasteiger partial charge in [-0.15, -0.1) is 0 Å². The number of nitrogens with one attached hydrogen (secondary N) is 4. The summed E-state index contributed by atoms with van der Waals surface area (Å²) in [5.74, 6) is 0.666. The van der Waals surface area contributed by atoms with Crippen molar-refractivity contribution >= 4 is 46.5 Å². The van der Waals surface area contributed by atoms with E-state index < -0.39 is 0 Å². The van der Waals surface area contributed by atoms with Gasteiger partial charge in [0, 0.05) is 148 Å². The summed E-state index contributed by atoms with van der Waals surface area (Å²) >= 11 is 0. The van der Waals surface area contributed by atoms with Crippen LogP contribution in [0.25, 0.3) is 22.5 Å². The first kappa shape index (κ1) is 50.7. The molecule has 376 valence electrons. The third-order valence-electron chi connectivity index (χ3n) is 13.1. The molecule has 0 radical (unpaired) electrons. The molecule has 16 heteroatoms. The third kappa shape index (κ3) is 14.0. The van der Waals surface area contributed by atoms with Crippen LogP contribution in [0.4, 0.5) is 34.6 Å². The van der Waals surface area contributed by atoms with Crippen LogP contribution in [0, 0.1) is 13.8 Å². The van der Waals surface area contributed by atoms with Crippen LogP contribution in [0.1, 0.15) is 43.0 Å². The number of piperazine rings is 2. The molecule has 0 atom stereocenters. The first-order valence-corrected chi connectivity index (χ1v) is 24.9. The predicted octanol–water partition coefficient (Wildman–Crippen LogP) is 9.18. The van der Waals surface area contributed by atoms with E-state index in [1.54, 1.807) is 37.2 Å². The van der Waals surface area contributed by atoms with Crippen molar-refractivity contribution in [2.45, 2.75) is 26.9 Å². The molecule has 2 amide bonds. The summed E-state index contributed by atoms with van der Waals surface area (Å²) in [5.41, 5.74) is 12.2. The van der Waals surface area contributed by atoms with Crippen LogP contribution >= 0.6 is 0 Å². The Morgan fingerprint density at radius 3 is 1.27 bits per heavy atom. The van der Waals surface area contributed by atoms with E-state index in [0.29, 0.717) is 34.4 Å². The fourth-order valence-corrected chi connectivity index (χ4v) is 8.56. The molecule has 2 aliphatic heterocycles. The summed E-state index contributed by atoms with van der Waals surface area (Å²) in [4.78, 5) is 61.7. The lowest BCUT2D eigenvalue weighted by atomic mass is 10.1. The van der Waals surface area contributed by atoms with Gasteiger partial charge in [-0.3, -0.25) is 29.4 Å². The normalized spacial score (nSPS) is 14.3. The van der Waals surface area contributed by atoms with Crippen molar-refractivity contribution in [2.75, 3.05) is 87.7 Å². The van der Waals surface area contributed by atoms with Gasteiger partial charge < -0.3 is 31.1 Å². The lowest BCUT2D eigenvalue weighted by Gasteiger charge is -2.32. The van der Waals surface area contributed by atoms with Gasteiger partial charge in [0.25, 0.3) is 11.8 Å². The maximum Gasteiger partial charge on any atom is 0.255 e. The lowest BCUT2D eigenvalue weighted by molar-refractivity contribution is 0.101. The van der Waals surface area contributed by atoms with Crippen molar-refractivity contribution in [3.8, 4) is 22.5 Å². The number of aryl methyl sites for hydroxylation is 2. The quantitative estimate of drug-likeness (QED) is 0.0813. The van der Waals surface area contributed by atoms with Crippen LogP contribution in [0.3, 0.4) is 0 Å². The maximum atomic E-state index is 12.9. The summed E-state index contributed by atoms with van der Waals surface area (Å²) in [6.07, 6.45) is 10.4. The van der Waals surface area contributed by atoms with E-state index in [9.17, 15) is 9.59 Å². The Hall–Kier alpha value is -8.28. The summed E-state index contributed by atoms with van der Waals surface area (Å²) < 4.78 is 0. The smallest absolute Gasteiger partial charge is 0.255 e. The van der Waals surface area contributed by atoms with E-state index in [1.807, 2.05) is 135 Å². The van der Waals surface area contributed by atoms with Crippen molar-refractivity contribution < 1.29 is 9.59 Å². The van der Waals surface area contributed by atoms with Gasteiger partial charge in [0.05, 0.1) is 11.4 Å². The average molecular weight is 987 g/mol. The third-order valence-corrected chi connectivity index (χ3v) is 13.1. The van der Waals surface area contributed by atoms with E-state index in [1.165, 1.54) is 11.1 Å². The number of carbonyl (C=O) groups excluding carboxylic acids is 2. The van der Waals surface area contributed by atoms with Gasteiger partial charge in [-0.05, 0) is 135 Å². The molecule has 74 heavy (non-hydrogen) atoms. The Morgan fingerprint density at radius 1 is 0.486 bits per heavy atom. The van der Waals surface area contributed by atoms with E-state index in [4.69, 9.17) is 0 Å². The number of benzene rings is 4. The number of pyridine rings is 2. The highest BCUT2D eigenvalue weighted by Gasteiger charge is 2.17. The van der Waals surface area contributed by atoms with Gasteiger partial charge in [-0.25, -0.2) is 19.9 Å². The fourth-order valence-electron chi connectivity index (χ4n) is 8.56. The maximum absolute atomic E-state index is 12.9. The van der Waals surface area contributed by atoms with Gasteiger partial charge in [0.2, 0.25) is 11.9 Å². The lowest BCUT2D eigenvalue weighted by Crippen LogP contribution is -2.43. The van der Waals surface area contributed by atoms with Crippen LogP contribution in [0.15, 0.2) is 159 Å². The molecule has 4 aromatic carbocycles. The van der Waals surface area contributed by atoms with Crippen LogP contribution < -0.4 is 21.3 Å². The first-order chi connectivity index (χ1) is 36.1. The molecule has 2 saturated heterocycles. The Bertz CT molecular complexity index is 2910. The van der Waals surface area contributed by atoms with Crippen molar-refractivity contribution in [1.82, 2.24) is 49.5 Å². The zero-order valence-corrected chi connectivity index (χ0v) is 42.4. The van der Waals surface area contributed by atoms with Crippen LogP contribution in [0.5, 0.6) is 0 Å². The van der Waals surface area contributed by atoms with Crippen molar-refractivity contribution in [3.63, 3.8) is 0 Å². The zero-order valence-electron chi connectivity index (χ0n) is 42.4. The monoisotopic (exact) mass is 987 g/mol. The van der Waals surface area contributed by atoms with Crippen molar-refractivity contribution in [2.24, 2.45) is 0 Å². The molecule has 0 unspecified atom stereocenters. The first-order valence-electron chi connectivity index (χ1n) is 24.9. The number of anilines is 6. The van der Waals surface area contributed by atoms with Crippen LogP contribution in [-0.4, -0.2) is 128 Å². The van der Waals surface area contributed by atoms with E-state index in [2.05, 4.69) is 84.9 Å². The average Bonchev–Trinajstić information content (AvgIpc) is 3.43. The van der Waals surface area contributed by atoms with Gasteiger partial charge in [0.15, 0.2) is 0 Å². The van der Waals surface area contributed by atoms with Gasteiger partial charge in [-0.2, -0.15) is 0 Å². The van der Waals surface area contributed by atoms with Gasteiger partial charge in [-0.1, -0.05) is 36.4 Å². The molecule has 0 bridgehead atoms. The van der Waals surface area contributed by atoms with E-state index in [0.717, 1.165) is 110 Å². The summed E-state index contributed by atoms with van der Waals surface area (Å²) in [6, 6.07) is 38.6. The summed E-state index contributed by atoms with van der Waals surface area (Å²) in [6.45, 7) is 14.5. The topological polar surface area (TPSA) is 173 Å². The minimum Gasteiger partial charge on any atom is -0.324 e. The molecule has 0 spiro atoms. The Morgan fingerprint density at radius 2 is 0.892 bits per heavy atom. The number of nitrogens with zero attached hydrogens (tertiary/aromatic N) is 10. The van der Waals surface area contributed by atoms with Crippen LogP contribution in [0.2, 0.25) is 0 Å². The molecule has 2 aliphatic rings. The van der Waals surface area contributed by atoms with Gasteiger partial charge >= 0.3 is 0 Å². The number of hydrogen-bond acceptors (Lipinski definition) is 14. The predicted molar refractivity (Wildman–Crippen MR) is 294 cm³/mol. The molecular weight excluding hydrogens is 925 g/mol. The Kier molecular flexibility index (Phi) is 16.7. The van der Waals surface area contributed by atoms with Crippen molar-refractivity contribution in [1.29, 1.82) is 0 Å². The number of likely N-dealkylation sites (N-methyl/N-ethyl adjacent to an activating group) is 2. The van der Waals surface area contributed by atoms with Crippen LogP contribution in [-0.2, 0) is 13.1 Å². The molecular formula is C58H62N14O2. The molecule has 0 aliphatic carbocycles. The number of rotatable bonds is 14. The van der Waals surface area contributed by atoms with E-state index >= 15 is 0 Å². The highest BCUT2D eigenvalue weighted by molar-refractivity contribution is 6.05. The number of carbonyl (C=O) groups is 2. The minimum atomic E-state index is -0.143. The number of aromatic nitrogens is 6. The molecule has 4 aromatic heterocycles. The number of amides is 2. The molecule has 6 heterocycles. The van der Waals surface area contributed by atoms with Crippen molar-refractivity contribution in [3.05, 3.63) is 192 Å². The molecule has 4 N–H and O–H groups in total.